The van der Waals surface area contributed by atoms with Gasteiger partial charge in [0.15, 0.2) is 11.0 Å². The van der Waals surface area contributed by atoms with Gasteiger partial charge in [-0.15, -0.1) is 10.2 Å². The van der Waals surface area contributed by atoms with Crippen LogP contribution in [-0.2, 0) is 11.3 Å². The minimum atomic E-state index is 0.577. The fourth-order valence-electron chi connectivity index (χ4n) is 1.91. The van der Waals surface area contributed by atoms with Crippen molar-refractivity contribution in [3.63, 3.8) is 0 Å². The first kappa shape index (κ1) is 12.1. The van der Waals surface area contributed by atoms with Gasteiger partial charge in [0.25, 0.3) is 0 Å². The maximum absolute atomic E-state index is 5.71. The summed E-state index contributed by atoms with van der Waals surface area (Å²) in [6.45, 7) is 1.35. The van der Waals surface area contributed by atoms with Crippen LogP contribution < -0.4 is 5.73 Å². The van der Waals surface area contributed by atoms with E-state index in [1.54, 1.807) is 13.4 Å². The van der Waals surface area contributed by atoms with Crippen molar-refractivity contribution in [3.8, 4) is 11.4 Å². The topological polar surface area (TPSA) is 78.8 Å². The average Bonchev–Trinajstić information content (AvgIpc) is 2.99. The van der Waals surface area contributed by atoms with E-state index in [9.17, 15) is 0 Å². The fourth-order valence-corrected chi connectivity index (χ4v) is 2.69. The summed E-state index contributed by atoms with van der Waals surface area (Å²) in [4.78, 5) is 4.24. The lowest BCUT2D eigenvalue weighted by Crippen LogP contribution is -2.04. The van der Waals surface area contributed by atoms with E-state index in [1.165, 1.54) is 11.3 Å². The minimum absolute atomic E-state index is 0.577. The molecule has 0 aliphatic carbocycles. The lowest BCUT2D eigenvalue weighted by atomic mass is 10.2. The molecule has 7 heteroatoms. The number of thiazole rings is 1. The largest absolute Gasteiger partial charge is 0.383 e. The first-order valence-corrected chi connectivity index (χ1v) is 6.63. The fraction of sp³-hybridized carbons (Fsp3) is 0.250. The van der Waals surface area contributed by atoms with Crippen molar-refractivity contribution in [2.75, 3.05) is 19.5 Å². The molecule has 2 N–H and O–H groups in total. The first-order valence-electron chi connectivity index (χ1n) is 5.81. The van der Waals surface area contributed by atoms with Crippen LogP contribution in [0.5, 0.6) is 0 Å². The summed E-state index contributed by atoms with van der Waals surface area (Å²) in [5.41, 5.74) is 7.63. The molecule has 0 atom stereocenters. The molecule has 0 amide bonds. The Morgan fingerprint density at radius 1 is 1.42 bits per heavy atom. The van der Waals surface area contributed by atoms with Crippen LogP contribution >= 0.6 is 11.3 Å². The molecule has 0 aliphatic heterocycles. The maximum Gasteiger partial charge on any atom is 0.181 e. The number of anilines is 1. The molecular formula is C12H13N5OS. The van der Waals surface area contributed by atoms with E-state index in [-0.39, 0.29) is 0 Å². The number of nitrogens with two attached hydrogens (primary N) is 1. The number of benzene rings is 1. The lowest BCUT2D eigenvalue weighted by molar-refractivity contribution is 0.187. The molecule has 6 nitrogen and oxygen atoms in total. The van der Waals surface area contributed by atoms with Gasteiger partial charge in [0.05, 0.1) is 16.8 Å². The third kappa shape index (κ3) is 2.29. The summed E-state index contributed by atoms with van der Waals surface area (Å²) in [6.07, 6.45) is 1.71. The molecule has 2 aromatic heterocycles. The van der Waals surface area contributed by atoms with E-state index in [2.05, 4.69) is 15.2 Å². The highest BCUT2D eigenvalue weighted by atomic mass is 32.1. The summed E-state index contributed by atoms with van der Waals surface area (Å²) < 4.78 is 8.10. The van der Waals surface area contributed by atoms with Crippen LogP contribution in [0.2, 0.25) is 0 Å². The van der Waals surface area contributed by atoms with Crippen LogP contribution in [0.1, 0.15) is 0 Å². The Hall–Kier alpha value is -1.99. The lowest BCUT2D eigenvalue weighted by Gasteiger charge is -2.05. The highest BCUT2D eigenvalue weighted by molar-refractivity contribution is 7.22. The van der Waals surface area contributed by atoms with E-state index >= 15 is 0 Å². The number of rotatable bonds is 4. The molecule has 98 valence electrons. The van der Waals surface area contributed by atoms with E-state index in [4.69, 9.17) is 10.5 Å². The zero-order valence-corrected chi connectivity index (χ0v) is 11.2. The second kappa shape index (κ2) is 4.94. The van der Waals surface area contributed by atoms with Gasteiger partial charge >= 0.3 is 0 Å². The third-order valence-corrected chi connectivity index (χ3v) is 3.66. The number of hydrogen-bond acceptors (Lipinski definition) is 6. The van der Waals surface area contributed by atoms with Gasteiger partial charge in [-0.25, -0.2) is 4.98 Å². The van der Waals surface area contributed by atoms with Crippen LogP contribution in [0.3, 0.4) is 0 Å². The predicted molar refractivity (Wildman–Crippen MR) is 74.9 cm³/mol. The second-order valence-electron chi connectivity index (χ2n) is 4.08. The molecule has 0 saturated carbocycles. The molecule has 1 aromatic carbocycles. The van der Waals surface area contributed by atoms with E-state index < -0.39 is 0 Å². The van der Waals surface area contributed by atoms with Crippen molar-refractivity contribution in [2.45, 2.75) is 6.54 Å². The number of nitrogens with zero attached hydrogens (tertiary/aromatic N) is 4. The Kier molecular flexibility index (Phi) is 3.14. The number of aromatic nitrogens is 4. The smallest absolute Gasteiger partial charge is 0.181 e. The molecule has 0 unspecified atom stereocenters. The van der Waals surface area contributed by atoms with Crippen molar-refractivity contribution in [3.05, 3.63) is 24.5 Å². The summed E-state index contributed by atoms with van der Waals surface area (Å²) in [5, 5.41) is 8.70. The van der Waals surface area contributed by atoms with Crippen LogP contribution in [-0.4, -0.2) is 33.5 Å². The van der Waals surface area contributed by atoms with Gasteiger partial charge < -0.3 is 15.0 Å². The Morgan fingerprint density at radius 2 is 2.32 bits per heavy atom. The van der Waals surface area contributed by atoms with Crippen molar-refractivity contribution in [1.29, 1.82) is 0 Å². The quantitative estimate of drug-likeness (QED) is 0.785. The highest BCUT2D eigenvalue weighted by Crippen LogP contribution is 2.28. The van der Waals surface area contributed by atoms with Gasteiger partial charge in [-0.2, -0.15) is 0 Å². The molecule has 0 bridgehead atoms. The molecule has 2 heterocycles. The zero-order chi connectivity index (χ0) is 13.2. The number of methoxy groups -OCH3 is 1. The van der Waals surface area contributed by atoms with Gasteiger partial charge in [0, 0.05) is 19.2 Å². The summed E-state index contributed by atoms with van der Waals surface area (Å²) >= 11 is 1.47. The number of nitrogen functional groups attached to an aromatic ring is 1. The van der Waals surface area contributed by atoms with Crippen molar-refractivity contribution in [2.24, 2.45) is 0 Å². The standard InChI is InChI=1S/C12H13N5OS/c1-18-5-4-17-7-14-16-11(17)8-2-3-9-10(6-8)19-12(13)15-9/h2-3,6-7H,4-5H2,1H3,(H2,13,15). The van der Waals surface area contributed by atoms with E-state index in [0.717, 1.165) is 28.1 Å². The van der Waals surface area contributed by atoms with Gasteiger partial charge in [-0.05, 0) is 18.2 Å². The van der Waals surface area contributed by atoms with Crippen LogP contribution in [0, 0.1) is 0 Å². The SMILES string of the molecule is COCCn1cnnc1-c1ccc2nc(N)sc2c1. The Balaban J connectivity index is 2.01. The summed E-state index contributed by atoms with van der Waals surface area (Å²) in [7, 11) is 1.68. The van der Waals surface area contributed by atoms with Gasteiger partial charge in [0.1, 0.15) is 6.33 Å². The summed E-state index contributed by atoms with van der Waals surface area (Å²) in [5.74, 6) is 0.825. The second-order valence-corrected chi connectivity index (χ2v) is 5.14. The van der Waals surface area contributed by atoms with Gasteiger partial charge in [-0.3, -0.25) is 0 Å². The minimum Gasteiger partial charge on any atom is -0.383 e. The normalized spacial score (nSPS) is 11.2. The number of fused-ring (bicyclic) bond motifs is 1. The monoisotopic (exact) mass is 275 g/mol. The van der Waals surface area contributed by atoms with Gasteiger partial charge in [0.2, 0.25) is 0 Å². The maximum atomic E-state index is 5.71. The van der Waals surface area contributed by atoms with Gasteiger partial charge in [-0.1, -0.05) is 11.3 Å². The average molecular weight is 275 g/mol. The summed E-state index contributed by atoms with van der Waals surface area (Å²) in [6, 6.07) is 5.97. The molecule has 0 fully saturated rings. The molecule has 0 radical (unpaired) electrons. The van der Waals surface area contributed by atoms with E-state index in [1.807, 2.05) is 22.8 Å². The molecular weight excluding hydrogens is 262 g/mol. The van der Waals surface area contributed by atoms with Crippen LogP contribution in [0.25, 0.3) is 21.6 Å². The Bertz CT molecular complexity index is 705. The number of hydrogen-bond donors (Lipinski definition) is 1. The predicted octanol–water partition coefficient (Wildman–Crippen LogP) is 1.78. The van der Waals surface area contributed by atoms with Crippen molar-refractivity contribution in [1.82, 2.24) is 19.7 Å². The Labute approximate surface area is 113 Å². The molecule has 3 aromatic rings. The van der Waals surface area contributed by atoms with Crippen molar-refractivity contribution < 1.29 is 4.74 Å². The first-order chi connectivity index (χ1) is 9.28. The molecule has 19 heavy (non-hydrogen) atoms. The Morgan fingerprint density at radius 3 is 3.16 bits per heavy atom. The highest BCUT2D eigenvalue weighted by Gasteiger charge is 2.09. The zero-order valence-electron chi connectivity index (χ0n) is 10.4. The van der Waals surface area contributed by atoms with Crippen molar-refractivity contribution >= 4 is 26.7 Å². The van der Waals surface area contributed by atoms with Crippen LogP contribution in [0.4, 0.5) is 5.13 Å². The molecule has 0 saturated heterocycles. The van der Waals surface area contributed by atoms with E-state index in [0.29, 0.717) is 11.7 Å². The number of ether oxygens (including phenoxy) is 1. The van der Waals surface area contributed by atoms with Crippen LogP contribution in [0.15, 0.2) is 24.5 Å². The molecule has 0 aliphatic rings. The molecule has 3 rings (SSSR count). The molecule has 0 spiro atoms. The third-order valence-electron chi connectivity index (χ3n) is 2.82.